The Kier molecular flexibility index (Phi) is 4.97. The second-order valence-corrected chi connectivity index (χ2v) is 6.46. The maximum atomic E-state index is 10.3. The quantitative estimate of drug-likeness (QED) is 0.488. The van der Waals surface area contributed by atoms with Gasteiger partial charge in [0.1, 0.15) is 24.1 Å². The second kappa shape index (κ2) is 6.97. The van der Waals surface area contributed by atoms with Crippen molar-refractivity contribution >= 4 is 28.7 Å². The minimum Gasteiger partial charge on any atom is -0.387 e. The summed E-state index contributed by atoms with van der Waals surface area (Å²) in [5.74, 6) is 1.77. The zero-order valence-corrected chi connectivity index (χ0v) is 13.5. The van der Waals surface area contributed by atoms with Crippen LogP contribution in [0.5, 0.6) is 0 Å². The summed E-state index contributed by atoms with van der Waals surface area (Å²) in [6.45, 7) is 0.877. The second-order valence-electron chi connectivity index (χ2n) is 5.31. The highest BCUT2D eigenvalue weighted by Gasteiger charge is 2.44. The van der Waals surface area contributed by atoms with Crippen LogP contribution in [-0.4, -0.2) is 73.1 Å². The Morgan fingerprint density at radius 1 is 1.35 bits per heavy atom. The van der Waals surface area contributed by atoms with E-state index >= 15 is 0 Å². The maximum absolute atomic E-state index is 10.3. The molecule has 4 unspecified atom stereocenters. The topological polar surface area (TPSA) is 131 Å². The van der Waals surface area contributed by atoms with Gasteiger partial charge in [0.15, 0.2) is 17.7 Å². The Morgan fingerprint density at radius 2 is 2.17 bits per heavy atom. The average molecular weight is 340 g/mol. The predicted octanol–water partition coefficient (Wildman–Crippen LogP) is -1.02. The van der Waals surface area contributed by atoms with E-state index in [1.165, 1.54) is 12.7 Å². The lowest BCUT2D eigenvalue weighted by Crippen LogP contribution is -2.32. The summed E-state index contributed by atoms with van der Waals surface area (Å²) in [4.78, 5) is 12.2. The number of hydrogen-bond donors (Lipinski definition) is 4. The van der Waals surface area contributed by atoms with Crippen molar-refractivity contribution < 1.29 is 14.9 Å². The number of nitrogens with one attached hydrogen (secondary N) is 1. The number of nitrogens with two attached hydrogens (primary N) is 1. The molecule has 0 bridgehead atoms. The smallest absolute Gasteiger partial charge is 0.167 e. The van der Waals surface area contributed by atoms with E-state index < -0.39 is 24.5 Å². The number of nitrogens with zero attached hydrogens (tertiary/aromatic N) is 4. The van der Waals surface area contributed by atoms with Gasteiger partial charge in [-0.05, 0) is 7.05 Å². The van der Waals surface area contributed by atoms with E-state index in [-0.39, 0.29) is 5.82 Å². The van der Waals surface area contributed by atoms with E-state index in [4.69, 9.17) is 10.5 Å². The molecule has 0 spiro atoms. The molecular weight excluding hydrogens is 320 g/mol. The fraction of sp³-hybridized carbons (Fsp3) is 0.615. The fourth-order valence-electron chi connectivity index (χ4n) is 2.53. The van der Waals surface area contributed by atoms with Gasteiger partial charge in [-0.2, -0.15) is 11.8 Å². The Balaban J connectivity index is 1.76. The summed E-state index contributed by atoms with van der Waals surface area (Å²) >= 11 is 1.66. The largest absolute Gasteiger partial charge is 0.387 e. The Bertz CT molecular complexity index is 668. The van der Waals surface area contributed by atoms with Gasteiger partial charge in [0.2, 0.25) is 0 Å². The van der Waals surface area contributed by atoms with Crippen LogP contribution in [0.15, 0.2) is 12.7 Å². The number of aromatic nitrogens is 4. The van der Waals surface area contributed by atoms with Crippen molar-refractivity contribution in [2.75, 3.05) is 30.8 Å². The first-order valence-corrected chi connectivity index (χ1v) is 8.46. The van der Waals surface area contributed by atoms with Crippen molar-refractivity contribution in [2.45, 2.75) is 24.5 Å². The van der Waals surface area contributed by atoms with Crippen molar-refractivity contribution in [3.8, 4) is 0 Å². The molecule has 1 aliphatic heterocycles. The minimum atomic E-state index is -1.06. The number of aliphatic hydroxyl groups excluding tert-OH is 2. The van der Waals surface area contributed by atoms with Crippen LogP contribution < -0.4 is 11.1 Å². The van der Waals surface area contributed by atoms with Gasteiger partial charge in [-0.1, -0.05) is 0 Å². The number of fused-ring (bicyclic) bond motifs is 1. The maximum Gasteiger partial charge on any atom is 0.167 e. The first-order chi connectivity index (χ1) is 11.1. The molecule has 23 heavy (non-hydrogen) atoms. The molecule has 5 N–H and O–H groups in total. The van der Waals surface area contributed by atoms with Gasteiger partial charge in [-0.15, -0.1) is 0 Å². The highest BCUT2D eigenvalue weighted by Crippen LogP contribution is 2.33. The predicted molar refractivity (Wildman–Crippen MR) is 86.9 cm³/mol. The van der Waals surface area contributed by atoms with E-state index in [0.29, 0.717) is 16.9 Å². The first kappa shape index (κ1) is 16.4. The number of aliphatic hydroxyl groups is 2. The molecule has 9 nitrogen and oxygen atoms in total. The van der Waals surface area contributed by atoms with Gasteiger partial charge >= 0.3 is 0 Å². The molecule has 0 aliphatic carbocycles. The molecule has 0 aromatic carbocycles. The van der Waals surface area contributed by atoms with Crippen molar-refractivity contribution in [1.29, 1.82) is 0 Å². The van der Waals surface area contributed by atoms with Gasteiger partial charge in [0.25, 0.3) is 0 Å². The monoisotopic (exact) mass is 340 g/mol. The van der Waals surface area contributed by atoms with E-state index in [9.17, 15) is 10.2 Å². The first-order valence-electron chi connectivity index (χ1n) is 7.30. The zero-order valence-electron chi connectivity index (χ0n) is 12.7. The molecule has 0 amide bonds. The lowest BCUT2D eigenvalue weighted by Gasteiger charge is -2.16. The number of anilines is 1. The molecule has 126 valence electrons. The lowest BCUT2D eigenvalue weighted by atomic mass is 10.1. The minimum absolute atomic E-state index is 0.265. The number of nitrogen functional groups attached to an aromatic ring is 1. The van der Waals surface area contributed by atoms with Gasteiger partial charge < -0.3 is 26.0 Å². The summed E-state index contributed by atoms with van der Waals surface area (Å²) in [5.41, 5.74) is 6.68. The van der Waals surface area contributed by atoms with E-state index in [1.807, 2.05) is 7.05 Å². The fourth-order valence-corrected chi connectivity index (χ4v) is 3.55. The van der Waals surface area contributed by atoms with E-state index in [2.05, 4.69) is 20.3 Å². The molecule has 0 saturated carbocycles. The Labute approximate surface area is 137 Å². The molecule has 3 rings (SSSR count). The van der Waals surface area contributed by atoms with Crippen LogP contribution in [-0.2, 0) is 4.74 Å². The van der Waals surface area contributed by atoms with E-state index in [0.717, 1.165) is 12.3 Å². The molecule has 2 aromatic heterocycles. The molecule has 1 aliphatic rings. The van der Waals surface area contributed by atoms with Crippen molar-refractivity contribution in [1.82, 2.24) is 24.8 Å². The highest BCUT2D eigenvalue weighted by molar-refractivity contribution is 7.99. The number of rotatable bonds is 6. The van der Waals surface area contributed by atoms with Crippen molar-refractivity contribution in [3.05, 3.63) is 12.7 Å². The molecule has 2 aromatic rings. The molecule has 10 heteroatoms. The Hall–Kier alpha value is -1.46. The summed E-state index contributed by atoms with van der Waals surface area (Å²) in [6, 6.07) is 0. The third kappa shape index (κ3) is 3.12. The standard InChI is InChI=1S/C13H20N6O3S/c1-15-2-3-23-4-7-9(20)10(21)13(22-7)19-6-18-8-11(14)16-5-17-12(8)19/h5-7,9-10,13,15,20-21H,2-4H2,1H3,(H2,14,16,17). The summed E-state index contributed by atoms with van der Waals surface area (Å²) < 4.78 is 7.42. The van der Waals surface area contributed by atoms with Crippen LogP contribution in [0.25, 0.3) is 11.2 Å². The molecule has 0 radical (unpaired) electrons. The van der Waals surface area contributed by atoms with Crippen LogP contribution in [0.2, 0.25) is 0 Å². The van der Waals surface area contributed by atoms with Crippen LogP contribution in [0, 0.1) is 0 Å². The molecular formula is C13H20N6O3S. The summed E-state index contributed by atoms with van der Waals surface area (Å²) in [6.07, 6.45) is -0.393. The highest BCUT2D eigenvalue weighted by atomic mass is 32.2. The molecule has 1 fully saturated rings. The zero-order chi connectivity index (χ0) is 16.4. The number of ether oxygens (including phenoxy) is 1. The summed E-state index contributed by atoms with van der Waals surface area (Å²) in [7, 11) is 1.89. The normalized spacial score (nSPS) is 27.8. The van der Waals surface area contributed by atoms with Crippen molar-refractivity contribution in [3.63, 3.8) is 0 Å². The lowest BCUT2D eigenvalue weighted by molar-refractivity contribution is -0.0289. The van der Waals surface area contributed by atoms with Gasteiger partial charge in [-0.3, -0.25) is 4.57 Å². The van der Waals surface area contributed by atoms with Crippen LogP contribution >= 0.6 is 11.8 Å². The molecule has 4 atom stereocenters. The van der Waals surface area contributed by atoms with Gasteiger partial charge in [0, 0.05) is 18.1 Å². The van der Waals surface area contributed by atoms with Gasteiger partial charge in [-0.25, -0.2) is 15.0 Å². The van der Waals surface area contributed by atoms with Gasteiger partial charge in [0.05, 0.1) is 12.4 Å². The SMILES string of the molecule is CNCCSCC1OC(n2cnc3c(N)ncnc32)C(O)C1O. The molecule has 3 heterocycles. The number of thioether (sulfide) groups is 1. The molecule has 1 saturated heterocycles. The number of hydrogen-bond acceptors (Lipinski definition) is 9. The third-order valence-electron chi connectivity index (χ3n) is 3.78. The third-order valence-corrected chi connectivity index (χ3v) is 4.83. The van der Waals surface area contributed by atoms with Crippen LogP contribution in [0.1, 0.15) is 6.23 Å². The van der Waals surface area contributed by atoms with Crippen LogP contribution in [0.3, 0.4) is 0 Å². The number of imidazole rings is 1. The van der Waals surface area contributed by atoms with Crippen molar-refractivity contribution in [2.24, 2.45) is 0 Å². The average Bonchev–Trinajstić information content (AvgIpc) is 3.09. The summed E-state index contributed by atoms with van der Waals surface area (Å²) in [5, 5.41) is 23.6. The Morgan fingerprint density at radius 3 is 2.96 bits per heavy atom. The van der Waals surface area contributed by atoms with Crippen LogP contribution in [0.4, 0.5) is 5.82 Å². The van der Waals surface area contributed by atoms with E-state index in [1.54, 1.807) is 16.3 Å².